The number of nitrogens with one attached hydrogen (secondary N) is 1. The van der Waals surface area contributed by atoms with Crippen molar-refractivity contribution in [3.05, 3.63) is 30.1 Å². The van der Waals surface area contributed by atoms with Gasteiger partial charge in [-0.1, -0.05) is 0 Å². The Hall–Kier alpha value is -3.44. The minimum absolute atomic E-state index is 0.0907. The molecular weight excluding hydrogens is 450 g/mol. The van der Waals surface area contributed by atoms with E-state index in [1.54, 1.807) is 17.7 Å². The van der Waals surface area contributed by atoms with E-state index in [1.807, 2.05) is 18.3 Å². The van der Waals surface area contributed by atoms with Gasteiger partial charge in [0.15, 0.2) is 5.65 Å². The first kappa shape index (κ1) is 23.3. The normalized spacial score (nSPS) is 20.8. The first-order valence-electron chi connectivity index (χ1n) is 11.8. The van der Waals surface area contributed by atoms with Gasteiger partial charge in [0, 0.05) is 39.4 Å². The van der Waals surface area contributed by atoms with Crippen molar-refractivity contribution in [1.29, 1.82) is 0 Å². The topological polar surface area (TPSA) is 107 Å². The van der Waals surface area contributed by atoms with Gasteiger partial charge in [0.1, 0.15) is 17.3 Å². The summed E-state index contributed by atoms with van der Waals surface area (Å²) >= 11 is 0. The zero-order valence-electron chi connectivity index (χ0n) is 20.5. The molecule has 0 aromatic carbocycles. The molecule has 0 saturated carbocycles. The second-order valence-electron chi connectivity index (χ2n) is 9.02. The van der Waals surface area contributed by atoms with E-state index in [0.717, 1.165) is 43.1 Å². The number of rotatable bonds is 5. The number of esters is 1. The fourth-order valence-corrected chi connectivity index (χ4v) is 4.64. The van der Waals surface area contributed by atoms with Crippen LogP contribution in [0.3, 0.4) is 0 Å². The quantitative estimate of drug-likeness (QED) is 0.546. The number of anilines is 4. The maximum Gasteiger partial charge on any atom is 0.354 e. The van der Waals surface area contributed by atoms with Crippen LogP contribution in [0.4, 0.5) is 23.3 Å². The minimum atomic E-state index is -0.395. The number of hydrogen-bond donors (Lipinski definition) is 1. The van der Waals surface area contributed by atoms with E-state index < -0.39 is 5.97 Å². The summed E-state index contributed by atoms with van der Waals surface area (Å²) in [5.74, 6) is 1.75. The van der Waals surface area contributed by atoms with E-state index in [9.17, 15) is 4.79 Å². The van der Waals surface area contributed by atoms with Crippen LogP contribution in [-0.2, 0) is 21.3 Å². The van der Waals surface area contributed by atoms with Gasteiger partial charge < -0.3 is 33.9 Å². The number of methoxy groups -OCH3 is 1. The fourth-order valence-electron chi connectivity index (χ4n) is 4.64. The van der Waals surface area contributed by atoms with Crippen LogP contribution in [-0.4, -0.2) is 84.2 Å². The lowest BCUT2D eigenvalue weighted by molar-refractivity contribution is -0.00570. The molecule has 2 saturated heterocycles. The second-order valence-corrected chi connectivity index (χ2v) is 9.02. The number of carbonyl (C=O) groups is 1. The van der Waals surface area contributed by atoms with Gasteiger partial charge in [0.25, 0.3) is 0 Å². The van der Waals surface area contributed by atoms with Crippen LogP contribution in [0, 0.1) is 0 Å². The number of ether oxygens (including phenoxy) is 3. The van der Waals surface area contributed by atoms with E-state index in [-0.39, 0.29) is 12.2 Å². The Bertz CT molecular complexity index is 1210. The zero-order chi connectivity index (χ0) is 24.5. The molecule has 2 atom stereocenters. The number of pyridine rings is 1. The molecule has 35 heavy (non-hydrogen) atoms. The molecule has 0 aliphatic carbocycles. The third kappa shape index (κ3) is 4.87. The number of nitrogens with zero attached hydrogens (tertiary/aromatic N) is 6. The third-order valence-electron chi connectivity index (χ3n) is 6.21. The fraction of sp³-hybridized carbons (Fsp3) is 0.500. The molecule has 11 heteroatoms. The van der Waals surface area contributed by atoms with Crippen molar-refractivity contribution in [3.63, 3.8) is 0 Å². The zero-order valence-corrected chi connectivity index (χ0v) is 20.5. The van der Waals surface area contributed by atoms with Crippen LogP contribution in [0.2, 0.25) is 0 Å². The summed E-state index contributed by atoms with van der Waals surface area (Å²) in [5, 5.41) is 4.17. The van der Waals surface area contributed by atoms with E-state index in [0.29, 0.717) is 36.3 Å². The number of aryl methyl sites for hydroxylation is 1. The monoisotopic (exact) mass is 481 g/mol. The van der Waals surface area contributed by atoms with E-state index in [4.69, 9.17) is 29.2 Å². The van der Waals surface area contributed by atoms with Gasteiger partial charge in [-0.15, -0.1) is 0 Å². The van der Waals surface area contributed by atoms with Crippen LogP contribution in [0.1, 0.15) is 24.3 Å². The number of carbonyl (C=O) groups excluding carboxylic acids is 1. The van der Waals surface area contributed by atoms with Crippen LogP contribution in [0.25, 0.3) is 11.0 Å². The summed E-state index contributed by atoms with van der Waals surface area (Å²) in [6.07, 6.45) is 2.00. The summed E-state index contributed by atoms with van der Waals surface area (Å²) in [6, 6.07) is 5.63. The molecule has 3 aromatic heterocycles. The Morgan fingerprint density at radius 1 is 1.09 bits per heavy atom. The molecule has 5 heterocycles. The highest BCUT2D eigenvalue weighted by atomic mass is 16.5. The van der Waals surface area contributed by atoms with Crippen LogP contribution < -0.4 is 15.1 Å². The van der Waals surface area contributed by atoms with Crippen molar-refractivity contribution < 1.29 is 19.0 Å². The molecule has 2 unspecified atom stereocenters. The van der Waals surface area contributed by atoms with Crippen LogP contribution in [0.5, 0.6) is 0 Å². The highest BCUT2D eigenvalue weighted by Gasteiger charge is 2.26. The Kier molecular flexibility index (Phi) is 6.44. The Morgan fingerprint density at radius 2 is 1.83 bits per heavy atom. The Morgan fingerprint density at radius 3 is 2.54 bits per heavy atom. The maximum atomic E-state index is 12.0. The molecule has 3 aromatic rings. The van der Waals surface area contributed by atoms with Crippen molar-refractivity contribution in [3.8, 4) is 0 Å². The highest BCUT2D eigenvalue weighted by molar-refractivity contribution is 5.91. The molecule has 2 fully saturated rings. The third-order valence-corrected chi connectivity index (χ3v) is 6.21. The van der Waals surface area contributed by atoms with Gasteiger partial charge in [-0.3, -0.25) is 0 Å². The minimum Gasteiger partial charge on any atom is -0.464 e. The summed E-state index contributed by atoms with van der Waals surface area (Å²) in [7, 11) is 3.16. The first-order chi connectivity index (χ1) is 16.9. The molecule has 0 spiro atoms. The summed E-state index contributed by atoms with van der Waals surface area (Å²) in [6.45, 7) is 8.42. The molecule has 186 valence electrons. The SMILES string of the molecule is COC(=O)c1cc(Nc2ccc3c(N4CCOCC4)nc(N4CC(C)OC(C)C4)nc3n2)cn1C. The second kappa shape index (κ2) is 9.67. The molecule has 0 bridgehead atoms. The van der Waals surface area contributed by atoms with Crippen molar-refractivity contribution in [2.24, 2.45) is 7.05 Å². The average molecular weight is 482 g/mol. The standard InChI is InChI=1S/C24H31N7O4/c1-15-12-31(13-16(2)35-15)24-27-21-18(22(28-24)30-7-9-34-10-8-30)5-6-20(26-21)25-17-11-19(23(32)33-4)29(3)14-17/h5-6,11,14-16H,7-10,12-13H2,1-4H3,(H,25,26,27,28). The van der Waals surface area contributed by atoms with Crippen molar-refractivity contribution in [2.75, 3.05) is 61.6 Å². The van der Waals surface area contributed by atoms with Crippen LogP contribution >= 0.6 is 0 Å². The predicted octanol–water partition coefficient (Wildman–Crippen LogP) is 2.34. The van der Waals surface area contributed by atoms with Gasteiger partial charge in [-0.2, -0.15) is 9.97 Å². The Labute approximate surface area is 204 Å². The lowest BCUT2D eigenvalue weighted by Crippen LogP contribution is -2.46. The lowest BCUT2D eigenvalue weighted by atomic mass is 10.2. The smallest absolute Gasteiger partial charge is 0.354 e. The largest absolute Gasteiger partial charge is 0.464 e. The van der Waals surface area contributed by atoms with Gasteiger partial charge in [0.2, 0.25) is 5.95 Å². The number of morpholine rings is 2. The molecule has 0 amide bonds. The van der Waals surface area contributed by atoms with Crippen molar-refractivity contribution in [2.45, 2.75) is 26.1 Å². The number of aromatic nitrogens is 4. The Balaban J connectivity index is 1.52. The van der Waals surface area contributed by atoms with Crippen molar-refractivity contribution >= 4 is 40.3 Å². The maximum absolute atomic E-state index is 12.0. The number of fused-ring (bicyclic) bond motifs is 1. The highest BCUT2D eigenvalue weighted by Crippen LogP contribution is 2.29. The van der Waals surface area contributed by atoms with E-state index in [2.05, 4.69) is 29.0 Å². The number of hydrogen-bond acceptors (Lipinski definition) is 10. The summed E-state index contributed by atoms with van der Waals surface area (Å²) in [4.78, 5) is 31.0. The summed E-state index contributed by atoms with van der Waals surface area (Å²) in [5.41, 5.74) is 1.79. The van der Waals surface area contributed by atoms with Gasteiger partial charge >= 0.3 is 5.97 Å². The predicted molar refractivity (Wildman–Crippen MR) is 133 cm³/mol. The van der Waals surface area contributed by atoms with Gasteiger partial charge in [-0.05, 0) is 32.0 Å². The van der Waals surface area contributed by atoms with Gasteiger partial charge in [0.05, 0.1) is 43.6 Å². The first-order valence-corrected chi connectivity index (χ1v) is 11.8. The summed E-state index contributed by atoms with van der Waals surface area (Å²) < 4.78 is 18.0. The molecule has 1 N–H and O–H groups in total. The average Bonchev–Trinajstić information content (AvgIpc) is 3.22. The molecule has 2 aliphatic rings. The molecule has 11 nitrogen and oxygen atoms in total. The van der Waals surface area contributed by atoms with E-state index in [1.165, 1.54) is 7.11 Å². The molecule has 2 aliphatic heterocycles. The van der Waals surface area contributed by atoms with Gasteiger partial charge in [-0.25, -0.2) is 9.78 Å². The van der Waals surface area contributed by atoms with Crippen molar-refractivity contribution in [1.82, 2.24) is 19.5 Å². The molecule has 5 rings (SSSR count). The molecular formula is C24H31N7O4. The lowest BCUT2D eigenvalue weighted by Gasteiger charge is -2.36. The van der Waals surface area contributed by atoms with Crippen LogP contribution in [0.15, 0.2) is 24.4 Å². The van der Waals surface area contributed by atoms with E-state index >= 15 is 0 Å². The molecule has 0 radical (unpaired) electrons.